The fourth-order valence-corrected chi connectivity index (χ4v) is 5.52. The van der Waals surface area contributed by atoms with Crippen molar-refractivity contribution in [1.29, 1.82) is 0 Å². The van der Waals surface area contributed by atoms with Crippen LogP contribution in [-0.2, 0) is 0 Å². The highest BCUT2D eigenvalue weighted by Crippen LogP contribution is 2.42. The van der Waals surface area contributed by atoms with Crippen molar-refractivity contribution < 1.29 is 39.5 Å². The number of unbranched alkanes of at least 4 members (excludes halogenated alkanes) is 6. The van der Waals surface area contributed by atoms with Gasteiger partial charge in [0.25, 0.3) is 0 Å². The number of alkyl halides is 11. The van der Waals surface area contributed by atoms with Crippen molar-refractivity contribution in [2.45, 2.75) is 139 Å². The summed E-state index contributed by atoms with van der Waals surface area (Å²) in [4.78, 5) is 0. The average Bonchev–Trinajstić information content (AvgIpc) is 2.72. The highest BCUT2D eigenvalue weighted by atomic mass is 127. The maximum atomic E-state index is 12.3. The molecule has 0 radical (unpaired) electrons. The van der Waals surface area contributed by atoms with E-state index in [0.717, 1.165) is 49.4 Å². The molecule has 0 spiro atoms. The molecule has 0 aromatic carbocycles. The quantitative estimate of drug-likeness (QED) is 0.0564. The van der Waals surface area contributed by atoms with Gasteiger partial charge >= 0.3 is 18.5 Å². The van der Waals surface area contributed by atoms with Crippen LogP contribution in [0.4, 0.5) is 39.5 Å². The molecule has 0 bridgehead atoms. The molecule has 0 rings (SSSR count). The SMILES string of the molecule is CCCCCCC(CCI)CCCC(F)(F)F.CCCCCCC(I)CCC(C(F)(F)F)C(F)(F)F. The van der Waals surface area contributed by atoms with Crippen LogP contribution >= 0.6 is 45.2 Å². The van der Waals surface area contributed by atoms with E-state index in [1.165, 1.54) is 25.7 Å². The third-order valence-electron chi connectivity index (χ3n) is 5.99. The molecule has 11 heteroatoms. The molecule has 0 fully saturated rings. The molecule has 0 saturated heterocycles. The van der Waals surface area contributed by atoms with E-state index in [0.29, 0.717) is 18.8 Å². The van der Waals surface area contributed by atoms with Crippen LogP contribution in [0, 0.1) is 11.8 Å². The summed E-state index contributed by atoms with van der Waals surface area (Å²) in [6.45, 7) is 4.21. The van der Waals surface area contributed by atoms with Crippen LogP contribution in [0.2, 0.25) is 0 Å². The van der Waals surface area contributed by atoms with E-state index in [9.17, 15) is 39.5 Å². The minimum Gasteiger partial charge on any atom is -0.171 e. The molecule has 0 aliphatic rings. The molecule has 2 unspecified atom stereocenters. The molecular formula is C25H43F9I2. The lowest BCUT2D eigenvalue weighted by Gasteiger charge is -2.23. The number of hydrogen-bond acceptors (Lipinski definition) is 0. The van der Waals surface area contributed by atoms with Crippen molar-refractivity contribution in [2.75, 3.05) is 4.43 Å². The van der Waals surface area contributed by atoms with Crippen molar-refractivity contribution in [3.8, 4) is 0 Å². The van der Waals surface area contributed by atoms with E-state index in [-0.39, 0.29) is 10.3 Å². The second-order valence-corrected chi connectivity index (χ2v) is 12.2. The fraction of sp³-hybridized carbons (Fsp3) is 1.00. The number of halogens is 11. The predicted molar refractivity (Wildman–Crippen MR) is 147 cm³/mol. The van der Waals surface area contributed by atoms with E-state index < -0.39 is 37.3 Å². The lowest BCUT2D eigenvalue weighted by Crippen LogP contribution is -2.36. The van der Waals surface area contributed by atoms with Crippen LogP contribution in [0.15, 0.2) is 0 Å². The normalized spacial score (nSPS) is 14.5. The standard InChI is InChI=1S/C13H24F3I.C12H19F6I/c1-2-3-4-5-7-12(9-11-17)8-6-10-13(14,15)16;1-2-3-4-5-6-9(19)7-8-10(11(13,14)15)12(16,17)18/h12H,2-11H2,1H3;9-10H,2-8H2,1H3. The lowest BCUT2D eigenvalue weighted by molar-refractivity contribution is -0.285. The van der Waals surface area contributed by atoms with Gasteiger partial charge in [-0.1, -0.05) is 123 Å². The first kappa shape index (κ1) is 39.0. The van der Waals surface area contributed by atoms with Gasteiger partial charge in [-0.2, -0.15) is 39.5 Å². The molecule has 0 amide bonds. The molecule has 0 aliphatic heterocycles. The molecule has 0 aromatic rings. The lowest BCUT2D eigenvalue weighted by atomic mass is 9.93. The maximum absolute atomic E-state index is 12.3. The molecule has 0 saturated carbocycles. The third kappa shape index (κ3) is 25.1. The summed E-state index contributed by atoms with van der Waals surface area (Å²) in [6, 6.07) is 0. The monoisotopic (exact) mass is 768 g/mol. The van der Waals surface area contributed by atoms with Gasteiger partial charge in [-0.3, -0.25) is 0 Å². The fourth-order valence-electron chi connectivity index (χ4n) is 3.84. The first-order valence-corrected chi connectivity index (χ1v) is 15.8. The van der Waals surface area contributed by atoms with Gasteiger partial charge in [0.1, 0.15) is 0 Å². The van der Waals surface area contributed by atoms with Gasteiger partial charge < -0.3 is 0 Å². The zero-order chi connectivity index (χ0) is 28.3. The first-order chi connectivity index (χ1) is 16.6. The number of hydrogen-bond donors (Lipinski definition) is 0. The number of rotatable bonds is 18. The van der Waals surface area contributed by atoms with E-state index in [1.807, 2.05) is 29.5 Å². The summed E-state index contributed by atoms with van der Waals surface area (Å²) in [7, 11) is 0. The summed E-state index contributed by atoms with van der Waals surface area (Å²) in [5.74, 6) is -2.68. The summed E-state index contributed by atoms with van der Waals surface area (Å²) in [5, 5.41) is 0. The van der Waals surface area contributed by atoms with Crippen molar-refractivity contribution >= 4 is 45.2 Å². The Labute approximate surface area is 239 Å². The minimum atomic E-state index is -5.20. The Hall–Kier alpha value is 0.830. The van der Waals surface area contributed by atoms with Gasteiger partial charge in [-0.25, -0.2) is 0 Å². The smallest absolute Gasteiger partial charge is 0.171 e. The minimum absolute atomic E-state index is 0.0453. The van der Waals surface area contributed by atoms with Crippen molar-refractivity contribution in [3.05, 3.63) is 0 Å². The molecular weight excluding hydrogens is 725 g/mol. The van der Waals surface area contributed by atoms with Crippen LogP contribution in [0.3, 0.4) is 0 Å². The topological polar surface area (TPSA) is 0 Å². The van der Waals surface area contributed by atoms with Crippen LogP contribution in [0.5, 0.6) is 0 Å². The van der Waals surface area contributed by atoms with E-state index in [1.54, 1.807) is 0 Å². The van der Waals surface area contributed by atoms with Crippen LogP contribution in [-0.4, -0.2) is 26.9 Å². The summed E-state index contributed by atoms with van der Waals surface area (Å²) >= 11 is 4.27. The second kappa shape index (κ2) is 21.6. The Morgan fingerprint density at radius 3 is 1.44 bits per heavy atom. The van der Waals surface area contributed by atoms with Crippen molar-refractivity contribution in [3.63, 3.8) is 0 Å². The van der Waals surface area contributed by atoms with Gasteiger partial charge in [0.05, 0.1) is 0 Å². The van der Waals surface area contributed by atoms with E-state index in [4.69, 9.17) is 0 Å². The Balaban J connectivity index is 0. The van der Waals surface area contributed by atoms with E-state index in [2.05, 4.69) is 29.5 Å². The van der Waals surface area contributed by atoms with Gasteiger partial charge in [-0.15, -0.1) is 0 Å². The van der Waals surface area contributed by atoms with Gasteiger partial charge in [0.2, 0.25) is 0 Å². The second-order valence-electron chi connectivity index (χ2n) is 9.36. The van der Waals surface area contributed by atoms with Crippen LogP contribution in [0.1, 0.15) is 117 Å². The molecule has 220 valence electrons. The highest BCUT2D eigenvalue weighted by molar-refractivity contribution is 14.1. The molecule has 36 heavy (non-hydrogen) atoms. The maximum Gasteiger partial charge on any atom is 0.400 e. The summed E-state index contributed by atoms with van der Waals surface area (Å²) in [6.07, 6.45) is -3.15. The summed E-state index contributed by atoms with van der Waals surface area (Å²) in [5.41, 5.74) is 0. The molecule has 0 N–H and O–H groups in total. The summed E-state index contributed by atoms with van der Waals surface area (Å²) < 4.78 is 111. The Bertz CT molecular complexity index is 477. The van der Waals surface area contributed by atoms with Gasteiger partial charge in [0, 0.05) is 10.3 Å². The Morgan fingerprint density at radius 2 is 1.03 bits per heavy atom. The zero-order valence-corrected chi connectivity index (χ0v) is 25.7. The Kier molecular flexibility index (Phi) is 23.4. The molecule has 0 heterocycles. The van der Waals surface area contributed by atoms with Gasteiger partial charge in [0.15, 0.2) is 5.92 Å². The van der Waals surface area contributed by atoms with E-state index >= 15 is 0 Å². The van der Waals surface area contributed by atoms with Gasteiger partial charge in [-0.05, 0) is 42.4 Å². The van der Waals surface area contributed by atoms with Crippen LogP contribution < -0.4 is 0 Å². The first-order valence-electron chi connectivity index (χ1n) is 13.0. The molecule has 0 aliphatic carbocycles. The Morgan fingerprint density at radius 1 is 0.556 bits per heavy atom. The van der Waals surface area contributed by atoms with Crippen molar-refractivity contribution in [1.82, 2.24) is 0 Å². The zero-order valence-electron chi connectivity index (χ0n) is 21.4. The van der Waals surface area contributed by atoms with Crippen molar-refractivity contribution in [2.24, 2.45) is 11.8 Å². The average molecular weight is 768 g/mol. The highest BCUT2D eigenvalue weighted by Gasteiger charge is 2.55. The molecule has 0 aromatic heterocycles. The molecule has 0 nitrogen and oxygen atoms in total. The predicted octanol–water partition coefficient (Wildman–Crippen LogP) is 12.4. The van der Waals surface area contributed by atoms with Crippen LogP contribution in [0.25, 0.3) is 0 Å². The largest absolute Gasteiger partial charge is 0.400 e. The molecule has 2 atom stereocenters. The third-order valence-corrected chi connectivity index (χ3v) is 7.85.